The van der Waals surface area contributed by atoms with E-state index in [1.165, 1.54) is 12.1 Å². The van der Waals surface area contributed by atoms with E-state index < -0.39 is 24.4 Å². The van der Waals surface area contributed by atoms with Crippen LogP contribution in [0.25, 0.3) is 0 Å². The van der Waals surface area contributed by atoms with Crippen LogP contribution >= 0.6 is 0 Å². The Morgan fingerprint density at radius 2 is 1.78 bits per heavy atom. The Morgan fingerprint density at radius 1 is 1.22 bits per heavy atom. The average Bonchev–Trinajstić information content (AvgIpc) is 2.18. The van der Waals surface area contributed by atoms with Crippen LogP contribution in [0.1, 0.15) is 12.0 Å². The molecule has 1 rings (SSSR count). The van der Waals surface area contributed by atoms with Crippen LogP contribution in [0.2, 0.25) is 0 Å². The normalized spacial score (nSPS) is 12.6. The molecule has 0 heterocycles. The van der Waals surface area contributed by atoms with Crippen molar-refractivity contribution < 1.29 is 27.5 Å². The molecule has 0 bridgehead atoms. The van der Waals surface area contributed by atoms with Crippen LogP contribution in [0.4, 0.5) is 17.6 Å². The van der Waals surface area contributed by atoms with Crippen molar-refractivity contribution in [2.24, 2.45) is 0 Å². The summed E-state index contributed by atoms with van der Waals surface area (Å²) >= 11 is 0. The summed E-state index contributed by atoms with van der Waals surface area (Å²) in [4.78, 5) is 10.4. The smallest absolute Gasteiger partial charge is 0.392 e. The minimum Gasteiger partial charge on any atom is -0.478 e. The zero-order chi connectivity index (χ0) is 13.8. The number of halogens is 4. The number of carbonyl (C=O) groups is 1. The van der Waals surface area contributed by atoms with Gasteiger partial charge in [-0.05, 0) is 29.7 Å². The molecule has 1 aromatic rings. The zero-order valence-corrected chi connectivity index (χ0v) is 9.17. The van der Waals surface area contributed by atoms with Gasteiger partial charge in [0.2, 0.25) is 0 Å². The first-order chi connectivity index (χ1) is 8.26. The highest BCUT2D eigenvalue weighted by Crippen LogP contribution is 2.26. The molecule has 18 heavy (non-hydrogen) atoms. The highest BCUT2D eigenvalue weighted by molar-refractivity contribution is 5.80. The molecule has 1 aromatic carbocycles. The summed E-state index contributed by atoms with van der Waals surface area (Å²) in [6.45, 7) is 0. The molecule has 0 aliphatic carbocycles. The predicted molar refractivity (Wildman–Crippen MR) is 56.5 cm³/mol. The van der Waals surface area contributed by atoms with E-state index in [1.807, 2.05) is 0 Å². The van der Waals surface area contributed by atoms with Gasteiger partial charge in [-0.15, -0.1) is 0 Å². The van der Waals surface area contributed by atoms with Gasteiger partial charge in [0.25, 0.3) is 0 Å². The van der Waals surface area contributed by atoms with Crippen molar-refractivity contribution in [2.45, 2.75) is 19.0 Å². The second-order valence-electron chi connectivity index (χ2n) is 3.74. The highest BCUT2D eigenvalue weighted by atomic mass is 19.4. The van der Waals surface area contributed by atoms with Gasteiger partial charge in [-0.25, -0.2) is 9.18 Å². The van der Waals surface area contributed by atoms with Crippen molar-refractivity contribution in [3.63, 3.8) is 0 Å². The molecule has 1 N–H and O–H groups in total. The number of hydrogen-bond acceptors (Lipinski definition) is 1. The molecule has 0 unspecified atom stereocenters. The molecule has 0 aliphatic rings. The molecule has 0 atom stereocenters. The van der Waals surface area contributed by atoms with Crippen LogP contribution in [0.5, 0.6) is 0 Å². The van der Waals surface area contributed by atoms with E-state index in [0.29, 0.717) is 11.6 Å². The number of carboxylic acid groups (broad SMARTS) is 1. The van der Waals surface area contributed by atoms with Crippen molar-refractivity contribution in [3.8, 4) is 0 Å². The Bertz CT molecular complexity index is 446. The molecule has 0 spiro atoms. The van der Waals surface area contributed by atoms with E-state index in [-0.39, 0.29) is 12.0 Å². The monoisotopic (exact) mass is 262 g/mol. The van der Waals surface area contributed by atoms with Crippen LogP contribution in [0.3, 0.4) is 0 Å². The fraction of sp³-hybridized carbons (Fsp3) is 0.250. The van der Waals surface area contributed by atoms with Gasteiger partial charge in [-0.2, -0.15) is 13.2 Å². The van der Waals surface area contributed by atoms with Crippen molar-refractivity contribution in [3.05, 3.63) is 47.3 Å². The summed E-state index contributed by atoms with van der Waals surface area (Å²) in [5.41, 5.74) is 0.148. The van der Waals surface area contributed by atoms with E-state index in [2.05, 4.69) is 0 Å². The van der Waals surface area contributed by atoms with Gasteiger partial charge in [0.05, 0.1) is 6.42 Å². The van der Waals surface area contributed by atoms with Gasteiger partial charge in [0.15, 0.2) is 0 Å². The molecule has 2 nitrogen and oxygen atoms in total. The third kappa shape index (κ3) is 5.47. The molecular formula is C12H10F4O2. The molecule has 0 aliphatic heterocycles. The van der Waals surface area contributed by atoms with Gasteiger partial charge in [0.1, 0.15) is 5.82 Å². The number of aliphatic carboxylic acids is 1. The van der Waals surface area contributed by atoms with Gasteiger partial charge >= 0.3 is 12.1 Å². The van der Waals surface area contributed by atoms with E-state index in [1.54, 1.807) is 0 Å². The van der Waals surface area contributed by atoms with Crippen molar-refractivity contribution in [1.82, 2.24) is 0 Å². The Kier molecular flexibility index (Phi) is 4.47. The fourth-order valence-electron chi connectivity index (χ4n) is 1.46. The lowest BCUT2D eigenvalue weighted by Gasteiger charge is -2.10. The second kappa shape index (κ2) is 5.66. The van der Waals surface area contributed by atoms with Crippen LogP contribution in [-0.2, 0) is 11.2 Å². The summed E-state index contributed by atoms with van der Waals surface area (Å²) in [5.74, 6) is -1.94. The second-order valence-corrected chi connectivity index (χ2v) is 3.74. The first kappa shape index (κ1) is 14.2. The fourth-order valence-corrected chi connectivity index (χ4v) is 1.46. The maximum absolute atomic E-state index is 12.6. The summed E-state index contributed by atoms with van der Waals surface area (Å²) in [6.07, 6.45) is -5.40. The quantitative estimate of drug-likeness (QED) is 0.667. The first-order valence-corrected chi connectivity index (χ1v) is 5.00. The zero-order valence-electron chi connectivity index (χ0n) is 9.17. The molecule has 98 valence electrons. The maximum atomic E-state index is 12.6. The van der Waals surface area contributed by atoms with Crippen molar-refractivity contribution in [2.75, 3.05) is 0 Å². The lowest BCUT2D eigenvalue weighted by Crippen LogP contribution is -2.11. The molecule has 0 saturated carbocycles. The number of alkyl halides is 3. The van der Waals surface area contributed by atoms with Crippen LogP contribution in [0, 0.1) is 5.82 Å². The lowest BCUT2D eigenvalue weighted by atomic mass is 10.0. The van der Waals surface area contributed by atoms with Gasteiger partial charge < -0.3 is 5.11 Å². The minimum absolute atomic E-state index is 0.175. The van der Waals surface area contributed by atoms with E-state index >= 15 is 0 Å². The summed E-state index contributed by atoms with van der Waals surface area (Å²) in [6, 6.07) is 4.87. The highest BCUT2D eigenvalue weighted by Gasteiger charge is 2.29. The molecule has 0 radical (unpaired) electrons. The topological polar surface area (TPSA) is 37.3 Å². The first-order valence-electron chi connectivity index (χ1n) is 5.00. The van der Waals surface area contributed by atoms with E-state index in [4.69, 9.17) is 5.11 Å². The SMILES string of the molecule is O=C(O)/C=C(/Cc1ccc(F)cc1)CC(F)(F)F. The minimum atomic E-state index is -4.47. The number of carboxylic acids is 1. The Labute approximate surface area is 101 Å². The van der Waals surface area contributed by atoms with E-state index in [0.717, 1.165) is 12.1 Å². The molecule has 0 fully saturated rings. The summed E-state index contributed by atoms with van der Waals surface area (Å²) in [7, 11) is 0. The number of allylic oxidation sites excluding steroid dienone is 1. The van der Waals surface area contributed by atoms with Gasteiger partial charge in [-0.3, -0.25) is 0 Å². The molecule has 0 aromatic heterocycles. The van der Waals surface area contributed by atoms with Gasteiger partial charge in [-0.1, -0.05) is 12.1 Å². The summed E-state index contributed by atoms with van der Waals surface area (Å²) < 4.78 is 49.3. The molecular weight excluding hydrogens is 252 g/mol. The number of rotatable bonds is 4. The molecule has 6 heteroatoms. The predicted octanol–water partition coefficient (Wildman–Crippen LogP) is 3.33. The third-order valence-corrected chi connectivity index (χ3v) is 2.10. The van der Waals surface area contributed by atoms with Crippen molar-refractivity contribution in [1.29, 1.82) is 0 Å². The Hall–Kier alpha value is -1.85. The molecule has 0 amide bonds. The summed E-state index contributed by atoms with van der Waals surface area (Å²) in [5, 5.41) is 8.50. The van der Waals surface area contributed by atoms with Crippen LogP contribution in [-0.4, -0.2) is 17.3 Å². The lowest BCUT2D eigenvalue weighted by molar-refractivity contribution is -0.132. The molecule has 0 saturated heterocycles. The number of hydrogen-bond donors (Lipinski definition) is 1. The van der Waals surface area contributed by atoms with Crippen LogP contribution in [0.15, 0.2) is 35.9 Å². The maximum Gasteiger partial charge on any atom is 0.392 e. The van der Waals surface area contributed by atoms with Crippen LogP contribution < -0.4 is 0 Å². The average molecular weight is 262 g/mol. The van der Waals surface area contributed by atoms with Crippen molar-refractivity contribution >= 4 is 5.97 Å². The largest absolute Gasteiger partial charge is 0.478 e. The Morgan fingerprint density at radius 3 is 2.22 bits per heavy atom. The van der Waals surface area contributed by atoms with Gasteiger partial charge in [0, 0.05) is 6.08 Å². The Balaban J connectivity index is 2.85. The number of benzene rings is 1. The standard InChI is InChI=1S/C12H10F4O2/c13-10-3-1-8(2-4-10)5-9(6-11(17)18)7-12(14,15)16/h1-4,6H,5,7H2,(H,17,18)/b9-6-. The third-order valence-electron chi connectivity index (χ3n) is 2.10. The van der Waals surface area contributed by atoms with E-state index in [9.17, 15) is 22.4 Å².